The molecule has 106 valence electrons. The topological polar surface area (TPSA) is 55.1 Å². The number of hydrogen-bond acceptors (Lipinski definition) is 3. The number of nitrogens with one attached hydrogen (secondary N) is 1. The highest BCUT2D eigenvalue weighted by atomic mass is 32.1. The van der Waals surface area contributed by atoms with Crippen LogP contribution in [0.25, 0.3) is 0 Å². The fourth-order valence-corrected chi connectivity index (χ4v) is 3.62. The van der Waals surface area contributed by atoms with E-state index in [1.165, 1.54) is 4.88 Å². The molecule has 1 heterocycles. The Morgan fingerprint density at radius 1 is 1.53 bits per heavy atom. The third-order valence-corrected chi connectivity index (χ3v) is 5.36. The van der Waals surface area contributed by atoms with Crippen molar-refractivity contribution < 1.29 is 4.79 Å². The summed E-state index contributed by atoms with van der Waals surface area (Å²) in [5.74, 6) is 1.24. The lowest BCUT2D eigenvalue weighted by molar-refractivity contribution is -0.126. The highest BCUT2D eigenvalue weighted by Crippen LogP contribution is 2.36. The summed E-state index contributed by atoms with van der Waals surface area (Å²) in [6, 6.07) is 4.13. The molecule has 1 saturated carbocycles. The first-order chi connectivity index (χ1) is 9.03. The van der Waals surface area contributed by atoms with E-state index >= 15 is 0 Å². The minimum atomic E-state index is -0.491. The van der Waals surface area contributed by atoms with Crippen LogP contribution in [0, 0.1) is 11.8 Å². The van der Waals surface area contributed by atoms with Crippen molar-refractivity contribution in [2.45, 2.75) is 51.6 Å². The van der Waals surface area contributed by atoms with Crippen LogP contribution in [-0.2, 0) is 11.3 Å². The highest BCUT2D eigenvalue weighted by Gasteiger charge is 2.40. The maximum atomic E-state index is 11.9. The summed E-state index contributed by atoms with van der Waals surface area (Å²) in [6.07, 6.45) is 3.93. The number of carbonyl (C=O) groups excluding carboxylic acids is 1. The fourth-order valence-electron chi connectivity index (χ4n) is 2.98. The third-order valence-electron chi connectivity index (χ3n) is 4.48. The maximum Gasteiger partial charge on any atom is 0.237 e. The molecule has 1 amide bonds. The Bertz CT molecular complexity index is 406. The molecule has 1 fully saturated rings. The summed E-state index contributed by atoms with van der Waals surface area (Å²) in [6.45, 7) is 5.27. The smallest absolute Gasteiger partial charge is 0.237 e. The average Bonchev–Trinajstić information content (AvgIpc) is 2.89. The van der Waals surface area contributed by atoms with Gasteiger partial charge in [0.05, 0.1) is 5.54 Å². The predicted octanol–water partition coefficient (Wildman–Crippen LogP) is 2.91. The Morgan fingerprint density at radius 3 is 2.68 bits per heavy atom. The molecule has 4 heteroatoms. The summed E-state index contributed by atoms with van der Waals surface area (Å²) in [5, 5.41) is 5.49. The highest BCUT2D eigenvalue weighted by molar-refractivity contribution is 7.09. The van der Waals surface area contributed by atoms with Gasteiger partial charge in [0.25, 0.3) is 0 Å². The molecular formula is C15H24N2OS. The van der Waals surface area contributed by atoms with Crippen molar-refractivity contribution in [1.82, 2.24) is 5.32 Å². The standard InChI is InChI=1S/C15H24N2OS/c1-11(2)12-5-7-15(8-6-12,14(16)18)17-10-13-4-3-9-19-13/h3-4,9,11-12,17H,5-8,10H2,1-2H3,(H2,16,18). The largest absolute Gasteiger partial charge is 0.368 e. The molecule has 0 aromatic carbocycles. The molecule has 19 heavy (non-hydrogen) atoms. The van der Waals surface area contributed by atoms with E-state index in [-0.39, 0.29) is 5.91 Å². The van der Waals surface area contributed by atoms with Gasteiger partial charge in [-0.05, 0) is 49.0 Å². The molecule has 3 N–H and O–H groups in total. The first-order valence-electron chi connectivity index (χ1n) is 7.11. The quantitative estimate of drug-likeness (QED) is 0.871. The lowest BCUT2D eigenvalue weighted by atomic mass is 9.72. The predicted molar refractivity (Wildman–Crippen MR) is 79.9 cm³/mol. The van der Waals surface area contributed by atoms with E-state index in [0.29, 0.717) is 5.92 Å². The van der Waals surface area contributed by atoms with Crippen LogP contribution in [0.15, 0.2) is 17.5 Å². The summed E-state index contributed by atoms with van der Waals surface area (Å²) in [5.41, 5.74) is 5.17. The van der Waals surface area contributed by atoms with Crippen molar-refractivity contribution in [3.05, 3.63) is 22.4 Å². The van der Waals surface area contributed by atoms with E-state index in [1.807, 2.05) is 6.07 Å². The molecule has 1 aliphatic rings. The van der Waals surface area contributed by atoms with E-state index in [4.69, 9.17) is 5.73 Å². The SMILES string of the molecule is CC(C)C1CCC(NCc2cccs2)(C(N)=O)CC1. The Morgan fingerprint density at radius 2 is 2.21 bits per heavy atom. The van der Waals surface area contributed by atoms with E-state index in [0.717, 1.165) is 38.1 Å². The summed E-state index contributed by atoms with van der Waals surface area (Å²) < 4.78 is 0. The first-order valence-corrected chi connectivity index (χ1v) is 7.99. The number of hydrogen-bond donors (Lipinski definition) is 2. The lowest BCUT2D eigenvalue weighted by Gasteiger charge is -2.39. The molecular weight excluding hydrogens is 256 g/mol. The lowest BCUT2D eigenvalue weighted by Crippen LogP contribution is -2.57. The molecule has 0 unspecified atom stereocenters. The van der Waals surface area contributed by atoms with Gasteiger partial charge in [-0.25, -0.2) is 0 Å². The van der Waals surface area contributed by atoms with Crippen molar-refractivity contribution >= 4 is 17.2 Å². The molecule has 0 spiro atoms. The van der Waals surface area contributed by atoms with Gasteiger partial charge in [0, 0.05) is 11.4 Å². The van der Waals surface area contributed by atoms with Crippen LogP contribution in [0.4, 0.5) is 0 Å². The Labute approximate surface area is 119 Å². The van der Waals surface area contributed by atoms with Crippen LogP contribution in [0.5, 0.6) is 0 Å². The molecule has 1 aliphatic carbocycles. The third kappa shape index (κ3) is 3.37. The van der Waals surface area contributed by atoms with Gasteiger partial charge in [-0.1, -0.05) is 19.9 Å². The number of rotatable bonds is 5. The number of carbonyl (C=O) groups is 1. The molecule has 1 aromatic heterocycles. The summed E-state index contributed by atoms with van der Waals surface area (Å²) in [4.78, 5) is 13.1. The molecule has 0 bridgehead atoms. The van der Waals surface area contributed by atoms with E-state index in [1.54, 1.807) is 11.3 Å². The second-order valence-electron chi connectivity index (χ2n) is 5.96. The van der Waals surface area contributed by atoms with Crippen molar-refractivity contribution in [3.8, 4) is 0 Å². The van der Waals surface area contributed by atoms with Crippen LogP contribution >= 0.6 is 11.3 Å². The van der Waals surface area contributed by atoms with Crippen LogP contribution in [0.1, 0.15) is 44.4 Å². The van der Waals surface area contributed by atoms with Gasteiger partial charge in [0.2, 0.25) is 5.91 Å². The molecule has 0 radical (unpaired) electrons. The second-order valence-corrected chi connectivity index (χ2v) is 6.99. The van der Waals surface area contributed by atoms with Gasteiger partial charge in [0.1, 0.15) is 0 Å². The molecule has 3 nitrogen and oxygen atoms in total. The van der Waals surface area contributed by atoms with Crippen LogP contribution in [0.3, 0.4) is 0 Å². The van der Waals surface area contributed by atoms with Crippen LogP contribution in [0.2, 0.25) is 0 Å². The molecule has 0 saturated heterocycles. The molecule has 1 aromatic rings. The minimum absolute atomic E-state index is 0.189. The number of primary amides is 1. The summed E-state index contributed by atoms with van der Waals surface area (Å²) >= 11 is 1.71. The Hall–Kier alpha value is -0.870. The van der Waals surface area contributed by atoms with E-state index in [9.17, 15) is 4.79 Å². The van der Waals surface area contributed by atoms with E-state index < -0.39 is 5.54 Å². The fraction of sp³-hybridized carbons (Fsp3) is 0.667. The average molecular weight is 280 g/mol. The maximum absolute atomic E-state index is 11.9. The zero-order valence-electron chi connectivity index (χ0n) is 11.8. The van der Waals surface area contributed by atoms with Gasteiger partial charge in [0.15, 0.2) is 0 Å². The molecule has 0 aliphatic heterocycles. The van der Waals surface area contributed by atoms with Crippen molar-refractivity contribution in [3.63, 3.8) is 0 Å². The zero-order valence-corrected chi connectivity index (χ0v) is 12.6. The second kappa shape index (κ2) is 6.06. The zero-order chi connectivity index (χ0) is 13.9. The van der Waals surface area contributed by atoms with Gasteiger partial charge in [-0.15, -0.1) is 11.3 Å². The van der Waals surface area contributed by atoms with Crippen LogP contribution in [-0.4, -0.2) is 11.4 Å². The number of amides is 1. The Balaban J connectivity index is 1.98. The first kappa shape index (κ1) is 14.5. The number of nitrogens with two attached hydrogens (primary N) is 1. The van der Waals surface area contributed by atoms with Gasteiger partial charge >= 0.3 is 0 Å². The molecule has 0 atom stereocenters. The Kier molecular flexibility index (Phi) is 4.63. The minimum Gasteiger partial charge on any atom is -0.368 e. The molecule has 2 rings (SSSR count). The monoisotopic (exact) mass is 280 g/mol. The normalized spacial score (nSPS) is 27.6. The van der Waals surface area contributed by atoms with Crippen LogP contribution < -0.4 is 11.1 Å². The van der Waals surface area contributed by atoms with Gasteiger partial charge < -0.3 is 5.73 Å². The van der Waals surface area contributed by atoms with Gasteiger partial charge in [-0.3, -0.25) is 10.1 Å². The summed E-state index contributed by atoms with van der Waals surface area (Å²) in [7, 11) is 0. The van der Waals surface area contributed by atoms with Crippen molar-refractivity contribution in [2.24, 2.45) is 17.6 Å². The van der Waals surface area contributed by atoms with E-state index in [2.05, 4.69) is 30.6 Å². The van der Waals surface area contributed by atoms with Crippen molar-refractivity contribution in [1.29, 1.82) is 0 Å². The van der Waals surface area contributed by atoms with Crippen molar-refractivity contribution in [2.75, 3.05) is 0 Å². The van der Waals surface area contributed by atoms with Gasteiger partial charge in [-0.2, -0.15) is 0 Å². The number of thiophene rings is 1.